The maximum absolute atomic E-state index is 11.1. The van der Waals surface area contributed by atoms with Crippen LogP contribution in [0.3, 0.4) is 0 Å². The Kier molecular flexibility index (Phi) is 11.8. The van der Waals surface area contributed by atoms with Gasteiger partial charge in [0.15, 0.2) is 0 Å². The first-order chi connectivity index (χ1) is 18.9. The standard InChI is InChI=1S/C36H54N2O2/c1-23(2)13-27-17-29(15-25(5)6)35(39)31(19-27)21-37-33-11-9-10-12-34(33)38-22-32-20-28(14-24(3)4)18-30(36(32)40)16-26(7)8/h17-26,33-34,39-40H,9-16H2,1-8H3. The van der Waals surface area contributed by atoms with Crippen molar-refractivity contribution in [2.75, 3.05) is 0 Å². The summed E-state index contributed by atoms with van der Waals surface area (Å²) < 4.78 is 0. The number of phenols is 2. The van der Waals surface area contributed by atoms with Gasteiger partial charge in [0.25, 0.3) is 0 Å². The molecule has 4 heteroatoms. The minimum Gasteiger partial charge on any atom is -0.507 e. The van der Waals surface area contributed by atoms with Crippen LogP contribution < -0.4 is 0 Å². The maximum atomic E-state index is 11.1. The topological polar surface area (TPSA) is 65.2 Å². The van der Waals surface area contributed by atoms with Crippen molar-refractivity contribution >= 4 is 12.4 Å². The molecule has 0 amide bonds. The van der Waals surface area contributed by atoms with Gasteiger partial charge in [0, 0.05) is 23.6 Å². The van der Waals surface area contributed by atoms with Crippen LogP contribution in [0.2, 0.25) is 0 Å². The smallest absolute Gasteiger partial charge is 0.127 e. The zero-order valence-corrected chi connectivity index (χ0v) is 26.4. The number of phenolic OH excluding ortho intramolecular Hbond substituents is 2. The van der Waals surface area contributed by atoms with E-state index in [1.807, 2.05) is 12.4 Å². The van der Waals surface area contributed by atoms with Gasteiger partial charge >= 0.3 is 0 Å². The van der Waals surface area contributed by atoms with E-state index in [1.165, 1.54) is 11.1 Å². The third-order valence-electron chi connectivity index (χ3n) is 7.60. The van der Waals surface area contributed by atoms with Crippen LogP contribution in [0.25, 0.3) is 0 Å². The summed E-state index contributed by atoms with van der Waals surface area (Å²) in [6.45, 7) is 17.7. The molecular formula is C36H54N2O2. The maximum Gasteiger partial charge on any atom is 0.127 e. The highest BCUT2D eigenvalue weighted by molar-refractivity contribution is 5.85. The van der Waals surface area contributed by atoms with Crippen LogP contribution in [0, 0.1) is 23.7 Å². The second-order valence-electron chi connectivity index (χ2n) is 13.8. The summed E-state index contributed by atoms with van der Waals surface area (Å²) in [4.78, 5) is 10.0. The van der Waals surface area contributed by atoms with Gasteiger partial charge in [-0.1, -0.05) is 80.4 Å². The monoisotopic (exact) mass is 546 g/mol. The summed E-state index contributed by atoms with van der Waals surface area (Å²) in [7, 11) is 0. The molecule has 0 bridgehead atoms. The Hall–Kier alpha value is -2.62. The zero-order chi connectivity index (χ0) is 29.4. The fourth-order valence-electron chi connectivity index (χ4n) is 5.93. The fourth-order valence-corrected chi connectivity index (χ4v) is 5.93. The van der Waals surface area contributed by atoms with Crippen molar-refractivity contribution < 1.29 is 10.2 Å². The van der Waals surface area contributed by atoms with E-state index in [9.17, 15) is 10.2 Å². The SMILES string of the molecule is CC(C)Cc1cc(C=NC2CCCCC2N=Cc2cc(CC(C)C)cc(CC(C)C)c2O)c(O)c(CC(C)C)c1. The summed E-state index contributed by atoms with van der Waals surface area (Å²) in [5.74, 6) is 2.78. The van der Waals surface area contributed by atoms with E-state index in [0.717, 1.165) is 73.6 Å². The summed E-state index contributed by atoms with van der Waals surface area (Å²) in [6.07, 6.45) is 11.7. The first-order valence-electron chi connectivity index (χ1n) is 15.7. The highest BCUT2D eigenvalue weighted by Gasteiger charge is 2.24. The Labute approximate surface area is 244 Å². The van der Waals surface area contributed by atoms with Gasteiger partial charge in [-0.25, -0.2) is 0 Å². The third-order valence-corrected chi connectivity index (χ3v) is 7.60. The number of aromatic hydroxyl groups is 2. The molecule has 2 unspecified atom stereocenters. The van der Waals surface area contributed by atoms with E-state index in [1.54, 1.807) is 0 Å². The van der Waals surface area contributed by atoms with Crippen molar-refractivity contribution in [1.82, 2.24) is 0 Å². The van der Waals surface area contributed by atoms with Crippen molar-refractivity contribution in [3.8, 4) is 11.5 Å². The van der Waals surface area contributed by atoms with Crippen LogP contribution in [-0.2, 0) is 25.7 Å². The van der Waals surface area contributed by atoms with Crippen LogP contribution >= 0.6 is 0 Å². The minimum absolute atomic E-state index is 0.0721. The quantitative estimate of drug-likeness (QED) is 0.261. The molecule has 220 valence electrons. The highest BCUT2D eigenvalue weighted by Crippen LogP contribution is 2.30. The molecule has 1 saturated carbocycles. The van der Waals surface area contributed by atoms with Crippen molar-refractivity contribution in [2.45, 2.75) is 119 Å². The van der Waals surface area contributed by atoms with Gasteiger partial charge in [-0.2, -0.15) is 0 Å². The van der Waals surface area contributed by atoms with E-state index in [0.29, 0.717) is 35.2 Å². The Morgan fingerprint density at radius 2 is 0.950 bits per heavy atom. The average Bonchev–Trinajstić information content (AvgIpc) is 2.85. The predicted octanol–water partition coefficient (Wildman–Crippen LogP) is 8.74. The molecule has 3 rings (SSSR count). The number of rotatable bonds is 12. The zero-order valence-electron chi connectivity index (χ0n) is 26.4. The second-order valence-corrected chi connectivity index (χ2v) is 13.8. The largest absolute Gasteiger partial charge is 0.507 e. The van der Waals surface area contributed by atoms with Crippen LogP contribution in [0.1, 0.15) is 114 Å². The molecule has 0 radical (unpaired) electrons. The van der Waals surface area contributed by atoms with Crippen molar-refractivity contribution in [1.29, 1.82) is 0 Å². The van der Waals surface area contributed by atoms with E-state index in [4.69, 9.17) is 9.98 Å². The molecule has 0 saturated heterocycles. The summed E-state index contributed by atoms with van der Waals surface area (Å²) in [5.41, 5.74) is 6.19. The highest BCUT2D eigenvalue weighted by atomic mass is 16.3. The molecule has 4 nitrogen and oxygen atoms in total. The molecular weight excluding hydrogens is 492 g/mol. The van der Waals surface area contributed by atoms with Gasteiger partial charge in [-0.05, 0) is 96.6 Å². The number of hydrogen-bond acceptors (Lipinski definition) is 4. The van der Waals surface area contributed by atoms with Crippen LogP contribution in [0.15, 0.2) is 34.3 Å². The van der Waals surface area contributed by atoms with Crippen LogP contribution in [0.5, 0.6) is 11.5 Å². The minimum atomic E-state index is 0.0721. The number of nitrogens with zero attached hydrogens (tertiary/aromatic N) is 2. The Balaban J connectivity index is 1.89. The number of aliphatic imine (C=N–C) groups is 2. The van der Waals surface area contributed by atoms with Gasteiger partial charge < -0.3 is 10.2 Å². The lowest BCUT2D eigenvalue weighted by Gasteiger charge is -2.25. The molecule has 2 atom stereocenters. The molecule has 0 aliphatic heterocycles. The molecule has 0 aromatic heterocycles. The van der Waals surface area contributed by atoms with Crippen molar-refractivity contribution in [2.24, 2.45) is 33.7 Å². The molecule has 1 aliphatic carbocycles. The third kappa shape index (κ3) is 9.49. The van der Waals surface area contributed by atoms with E-state index >= 15 is 0 Å². The molecule has 0 spiro atoms. The first kappa shape index (κ1) is 31.9. The second kappa shape index (κ2) is 14.8. The molecule has 2 aromatic rings. The van der Waals surface area contributed by atoms with E-state index < -0.39 is 0 Å². The number of hydrogen-bond donors (Lipinski definition) is 2. The molecule has 0 heterocycles. The lowest BCUT2D eigenvalue weighted by Crippen LogP contribution is -2.27. The van der Waals surface area contributed by atoms with Gasteiger partial charge in [0.05, 0.1) is 12.1 Å². The Bertz CT molecular complexity index is 1070. The van der Waals surface area contributed by atoms with Crippen molar-refractivity contribution in [3.05, 3.63) is 57.6 Å². The average molecular weight is 547 g/mol. The Morgan fingerprint density at radius 3 is 1.27 bits per heavy atom. The van der Waals surface area contributed by atoms with Crippen LogP contribution in [-0.4, -0.2) is 34.7 Å². The lowest BCUT2D eigenvalue weighted by molar-refractivity contribution is 0.390. The van der Waals surface area contributed by atoms with Crippen LogP contribution in [0.4, 0.5) is 0 Å². The van der Waals surface area contributed by atoms with Gasteiger partial charge in [-0.3, -0.25) is 9.98 Å². The fraction of sp³-hybridized carbons (Fsp3) is 0.611. The molecule has 2 N–H and O–H groups in total. The summed E-state index contributed by atoms with van der Waals surface area (Å²) in [6, 6.07) is 8.71. The molecule has 1 fully saturated rings. The van der Waals surface area contributed by atoms with Crippen molar-refractivity contribution in [3.63, 3.8) is 0 Å². The molecule has 2 aromatic carbocycles. The lowest BCUT2D eigenvalue weighted by atomic mass is 9.90. The first-order valence-corrected chi connectivity index (χ1v) is 15.7. The van der Waals surface area contributed by atoms with Gasteiger partial charge in [0.1, 0.15) is 11.5 Å². The summed E-state index contributed by atoms with van der Waals surface area (Å²) in [5, 5.41) is 22.2. The van der Waals surface area contributed by atoms with E-state index in [2.05, 4.69) is 79.7 Å². The predicted molar refractivity (Wildman–Crippen MR) is 172 cm³/mol. The van der Waals surface area contributed by atoms with E-state index in [-0.39, 0.29) is 12.1 Å². The molecule has 1 aliphatic rings. The molecule has 40 heavy (non-hydrogen) atoms. The normalized spacial score (nSPS) is 18.4. The van der Waals surface area contributed by atoms with Gasteiger partial charge in [0.2, 0.25) is 0 Å². The number of benzene rings is 2. The summed E-state index contributed by atoms with van der Waals surface area (Å²) >= 11 is 0. The van der Waals surface area contributed by atoms with Gasteiger partial charge in [-0.15, -0.1) is 0 Å². The Morgan fingerprint density at radius 1 is 0.600 bits per heavy atom.